The lowest BCUT2D eigenvalue weighted by Crippen LogP contribution is -2.23. The molecule has 0 aromatic heterocycles. The smallest absolute Gasteiger partial charge is 0.462 e. The Labute approximate surface area is 183 Å². The second kappa shape index (κ2) is 9.88. The van der Waals surface area contributed by atoms with Gasteiger partial charge >= 0.3 is 17.9 Å². The molecule has 0 saturated heterocycles. The summed E-state index contributed by atoms with van der Waals surface area (Å²) in [5, 5.41) is 0.431. The molecule has 31 heavy (non-hydrogen) atoms. The Kier molecular flexibility index (Phi) is 7.75. The van der Waals surface area contributed by atoms with Crippen LogP contribution in [-0.2, 0) is 9.53 Å². The summed E-state index contributed by atoms with van der Waals surface area (Å²) in [6.45, 7) is 5.26. The van der Waals surface area contributed by atoms with Crippen molar-refractivity contribution in [2.45, 2.75) is 39.0 Å². The average Bonchev–Trinajstić information content (AvgIpc) is 2.66. The van der Waals surface area contributed by atoms with Crippen LogP contribution in [-0.4, -0.2) is 30.1 Å². The molecule has 0 aliphatic rings. The van der Waals surface area contributed by atoms with Crippen LogP contribution in [0.5, 0.6) is 5.75 Å². The average molecular weight is 453 g/mol. The summed E-state index contributed by atoms with van der Waals surface area (Å²) in [6, 6.07) is 11.5. The van der Waals surface area contributed by atoms with Gasteiger partial charge in [0, 0.05) is 17.0 Å². The number of hydrogen-bond donors (Lipinski definition) is 0. The van der Waals surface area contributed by atoms with E-state index < -0.39 is 23.5 Å². The maximum Gasteiger partial charge on any atom is 0.462 e. The van der Waals surface area contributed by atoms with Crippen LogP contribution in [0.2, 0.25) is 5.02 Å². The van der Waals surface area contributed by atoms with Crippen LogP contribution < -0.4 is 4.74 Å². The zero-order chi connectivity index (χ0) is 23.2. The molecule has 0 saturated carbocycles. The van der Waals surface area contributed by atoms with E-state index in [4.69, 9.17) is 21.1 Å². The fraction of sp³-hybridized carbons (Fsp3) is 0.304. The fourth-order valence-corrected chi connectivity index (χ4v) is 2.60. The van der Waals surface area contributed by atoms with Crippen molar-refractivity contribution in [1.29, 1.82) is 0 Å². The highest BCUT2D eigenvalue weighted by Crippen LogP contribution is 2.33. The van der Waals surface area contributed by atoms with Crippen molar-refractivity contribution in [1.82, 2.24) is 0 Å². The van der Waals surface area contributed by atoms with Crippen molar-refractivity contribution in [2.75, 3.05) is 6.61 Å². The number of hydrogen-bond acceptors (Lipinski definition) is 4. The van der Waals surface area contributed by atoms with Gasteiger partial charge in [0.25, 0.3) is 0 Å². The van der Waals surface area contributed by atoms with Crippen molar-refractivity contribution in [3.63, 3.8) is 0 Å². The largest absolute Gasteiger partial charge is 0.492 e. The van der Waals surface area contributed by atoms with E-state index in [1.165, 1.54) is 5.92 Å². The predicted molar refractivity (Wildman–Crippen MR) is 111 cm³/mol. The molecular formula is C23H20ClF3O4. The van der Waals surface area contributed by atoms with Gasteiger partial charge in [-0.25, -0.2) is 4.79 Å². The van der Waals surface area contributed by atoms with Gasteiger partial charge in [0.2, 0.25) is 0 Å². The molecule has 0 N–H and O–H groups in total. The Morgan fingerprint density at radius 3 is 2.42 bits per heavy atom. The first-order chi connectivity index (χ1) is 14.4. The second-order valence-corrected chi connectivity index (χ2v) is 7.89. The molecule has 0 aliphatic carbocycles. The number of esters is 1. The van der Waals surface area contributed by atoms with Gasteiger partial charge in [-0.1, -0.05) is 29.7 Å². The molecule has 0 unspecified atom stereocenters. The van der Waals surface area contributed by atoms with E-state index in [2.05, 4.69) is 5.92 Å². The Hall–Kier alpha value is -2.98. The van der Waals surface area contributed by atoms with Crippen LogP contribution in [0, 0.1) is 11.8 Å². The Bertz CT molecular complexity index is 1030. The quantitative estimate of drug-likeness (QED) is 0.246. The van der Waals surface area contributed by atoms with Crippen LogP contribution in [0.4, 0.5) is 13.2 Å². The molecule has 0 bridgehead atoms. The summed E-state index contributed by atoms with van der Waals surface area (Å²) in [5.41, 5.74) is 0.915. The molecule has 0 heterocycles. The van der Waals surface area contributed by atoms with Crippen LogP contribution in [0.25, 0.3) is 11.1 Å². The molecule has 0 radical (unpaired) electrons. The molecule has 0 fully saturated rings. The number of alkyl halides is 3. The van der Waals surface area contributed by atoms with Crippen molar-refractivity contribution < 1.29 is 32.2 Å². The SMILES string of the molecule is CC(C)(C)OC(=O)c1cccc(-c2cc(Cl)ccc2OCCC#CC(=O)C(F)(F)F)c1. The van der Waals surface area contributed by atoms with E-state index >= 15 is 0 Å². The van der Waals surface area contributed by atoms with Gasteiger partial charge in [0.05, 0.1) is 12.2 Å². The van der Waals surface area contributed by atoms with E-state index in [9.17, 15) is 22.8 Å². The first-order valence-electron chi connectivity index (χ1n) is 9.23. The minimum absolute atomic E-state index is 0.0431. The zero-order valence-corrected chi connectivity index (χ0v) is 17.9. The summed E-state index contributed by atoms with van der Waals surface area (Å²) >= 11 is 6.10. The third-order valence-corrected chi connectivity index (χ3v) is 3.93. The second-order valence-electron chi connectivity index (χ2n) is 7.45. The highest BCUT2D eigenvalue weighted by atomic mass is 35.5. The molecule has 2 rings (SSSR count). The van der Waals surface area contributed by atoms with Crippen LogP contribution in [0.3, 0.4) is 0 Å². The van der Waals surface area contributed by atoms with Crippen molar-refractivity contribution >= 4 is 23.4 Å². The Morgan fingerprint density at radius 1 is 1.06 bits per heavy atom. The standard InChI is InChI=1S/C23H20ClF3O4/c1-22(2,3)31-21(29)16-8-6-7-15(13-16)18-14-17(24)10-11-19(18)30-12-5-4-9-20(28)23(25,26)27/h6-8,10-11,13-14H,5,12H2,1-3H3. The molecule has 0 aliphatic heterocycles. The minimum atomic E-state index is -4.98. The lowest BCUT2D eigenvalue weighted by atomic mass is 10.0. The molecule has 164 valence electrons. The van der Waals surface area contributed by atoms with E-state index in [1.54, 1.807) is 63.2 Å². The number of Topliss-reactive ketones (excluding diaryl/α,β-unsaturated/α-hetero) is 1. The number of ether oxygens (including phenoxy) is 2. The normalized spacial score (nSPS) is 11.3. The maximum absolute atomic E-state index is 12.4. The van der Waals surface area contributed by atoms with Gasteiger partial charge in [0.15, 0.2) is 0 Å². The fourth-order valence-electron chi connectivity index (χ4n) is 2.43. The number of carbonyl (C=O) groups is 2. The predicted octanol–water partition coefficient (Wildman–Crippen LogP) is 5.87. The van der Waals surface area contributed by atoms with E-state index in [0.29, 0.717) is 27.5 Å². The summed E-state index contributed by atoms with van der Waals surface area (Å²) in [4.78, 5) is 23.1. The van der Waals surface area contributed by atoms with Gasteiger partial charge in [-0.15, -0.1) is 0 Å². The lowest BCUT2D eigenvalue weighted by Gasteiger charge is -2.19. The maximum atomic E-state index is 12.4. The zero-order valence-electron chi connectivity index (χ0n) is 17.1. The van der Waals surface area contributed by atoms with Gasteiger partial charge < -0.3 is 9.47 Å². The van der Waals surface area contributed by atoms with E-state index in [0.717, 1.165) is 0 Å². The Morgan fingerprint density at radius 2 is 1.77 bits per heavy atom. The molecule has 0 amide bonds. The molecular weight excluding hydrogens is 433 g/mol. The molecule has 0 atom stereocenters. The van der Waals surface area contributed by atoms with Gasteiger partial charge in [-0.05, 0) is 62.6 Å². The number of carbonyl (C=O) groups excluding carboxylic acids is 2. The van der Waals surface area contributed by atoms with E-state index in [-0.39, 0.29) is 13.0 Å². The van der Waals surface area contributed by atoms with Crippen molar-refractivity contribution in [3.05, 3.63) is 53.1 Å². The summed E-state index contributed by atoms with van der Waals surface area (Å²) in [6.07, 6.45) is -5.06. The monoisotopic (exact) mass is 452 g/mol. The Balaban J connectivity index is 2.19. The number of rotatable bonds is 5. The first kappa shape index (κ1) is 24.3. The molecule has 8 heteroatoms. The molecule has 4 nitrogen and oxygen atoms in total. The van der Waals surface area contributed by atoms with Crippen LogP contribution in [0.1, 0.15) is 37.6 Å². The highest BCUT2D eigenvalue weighted by Gasteiger charge is 2.36. The molecule has 2 aromatic carbocycles. The molecule has 2 aromatic rings. The number of ketones is 1. The number of benzene rings is 2. The summed E-state index contributed by atoms with van der Waals surface area (Å²) in [7, 11) is 0. The highest BCUT2D eigenvalue weighted by molar-refractivity contribution is 6.31. The molecule has 0 spiro atoms. The van der Waals surface area contributed by atoms with Gasteiger partial charge in [-0.3, -0.25) is 4.79 Å². The van der Waals surface area contributed by atoms with Crippen LogP contribution in [0.15, 0.2) is 42.5 Å². The summed E-state index contributed by atoms with van der Waals surface area (Å²) < 4.78 is 47.5. The lowest BCUT2D eigenvalue weighted by molar-refractivity contribution is -0.164. The third-order valence-electron chi connectivity index (χ3n) is 3.69. The first-order valence-corrected chi connectivity index (χ1v) is 9.61. The number of halogens is 4. The van der Waals surface area contributed by atoms with Gasteiger partial charge in [0.1, 0.15) is 11.4 Å². The van der Waals surface area contributed by atoms with Gasteiger partial charge in [-0.2, -0.15) is 13.2 Å². The van der Waals surface area contributed by atoms with E-state index in [1.807, 2.05) is 0 Å². The third kappa shape index (κ3) is 7.65. The van der Waals surface area contributed by atoms with Crippen molar-refractivity contribution in [3.8, 4) is 28.7 Å². The van der Waals surface area contributed by atoms with Crippen molar-refractivity contribution in [2.24, 2.45) is 0 Å². The topological polar surface area (TPSA) is 52.6 Å². The summed E-state index contributed by atoms with van der Waals surface area (Å²) in [5.74, 6) is 1.50. The minimum Gasteiger partial charge on any atom is -0.492 e. The van der Waals surface area contributed by atoms with Crippen LogP contribution >= 0.6 is 11.6 Å².